The van der Waals surface area contributed by atoms with Gasteiger partial charge in [0.2, 0.25) is 5.91 Å². The van der Waals surface area contributed by atoms with Gasteiger partial charge < -0.3 is 15.0 Å². The Kier molecular flexibility index (Phi) is 6.80. The lowest BCUT2D eigenvalue weighted by Gasteiger charge is -2.40. The number of nitrogens with zero attached hydrogens (tertiary/aromatic N) is 4. The number of rotatable bonds is 5. The van der Waals surface area contributed by atoms with Crippen molar-refractivity contribution in [3.05, 3.63) is 53.3 Å². The van der Waals surface area contributed by atoms with E-state index in [0.717, 1.165) is 49.4 Å². The number of ether oxygens (including phenoxy) is 1. The normalized spacial score (nSPS) is 24.6. The van der Waals surface area contributed by atoms with Crippen LogP contribution in [0.5, 0.6) is 0 Å². The van der Waals surface area contributed by atoms with Crippen LogP contribution < -0.4 is 15.8 Å². The van der Waals surface area contributed by atoms with Crippen molar-refractivity contribution >= 4 is 28.9 Å². The average Bonchev–Trinajstić information content (AvgIpc) is 3.21. The summed E-state index contributed by atoms with van der Waals surface area (Å²) in [4.78, 5) is 21.9. The van der Waals surface area contributed by atoms with Gasteiger partial charge in [0.1, 0.15) is 6.17 Å². The number of halogens is 1. The number of carbonyl (C=O) groups is 1. The summed E-state index contributed by atoms with van der Waals surface area (Å²) < 4.78 is 5.79. The number of benzene rings is 1. The molecule has 33 heavy (non-hydrogen) atoms. The fraction of sp³-hybridized carbons (Fsp3) is 0.500. The van der Waals surface area contributed by atoms with Crippen molar-refractivity contribution in [2.24, 2.45) is 0 Å². The number of nitrogens with one attached hydrogen (secondary N) is 2. The number of pyridine rings is 1. The molecule has 1 amide bonds. The highest BCUT2D eigenvalue weighted by Crippen LogP contribution is 2.40. The van der Waals surface area contributed by atoms with E-state index >= 15 is 0 Å². The number of hydrazine groups is 1. The summed E-state index contributed by atoms with van der Waals surface area (Å²) in [6.07, 6.45) is 6.07. The maximum absolute atomic E-state index is 12.9. The third-order valence-electron chi connectivity index (χ3n) is 6.81. The number of piperidine rings is 1. The van der Waals surface area contributed by atoms with Gasteiger partial charge in [-0.1, -0.05) is 11.6 Å². The Bertz CT molecular complexity index is 966. The SMILES string of the molecule is CN1CCC(NC(=O)CC2COCCN2C2NN(c3ccc(Cl)cc3)c3cnccc32)CC1. The molecule has 2 unspecified atom stereocenters. The molecule has 1 aromatic carbocycles. The standard InChI is InChI=1S/C24H31ClN6O2/c1-29-10-7-18(8-11-29)27-23(32)14-20-16-33-13-12-30(20)24-21-6-9-26-15-22(21)31(28-24)19-4-2-17(25)3-5-19/h2-6,9,15,18,20,24,28H,7-8,10-14,16H2,1H3,(H,27,32). The van der Waals surface area contributed by atoms with Gasteiger partial charge in [0, 0.05) is 41.8 Å². The van der Waals surface area contributed by atoms with Crippen LogP contribution in [-0.2, 0) is 9.53 Å². The highest BCUT2D eigenvalue weighted by atomic mass is 35.5. The summed E-state index contributed by atoms with van der Waals surface area (Å²) in [5.74, 6) is 0.104. The van der Waals surface area contributed by atoms with Crippen molar-refractivity contribution in [1.82, 2.24) is 25.5 Å². The molecule has 0 spiro atoms. The first-order valence-corrected chi connectivity index (χ1v) is 12.0. The molecule has 2 N–H and O–H groups in total. The van der Waals surface area contributed by atoms with Gasteiger partial charge in [0.05, 0.1) is 30.8 Å². The number of carbonyl (C=O) groups excluding carboxylic acids is 1. The van der Waals surface area contributed by atoms with E-state index < -0.39 is 0 Å². The second-order valence-electron chi connectivity index (χ2n) is 9.09. The average molecular weight is 471 g/mol. The maximum Gasteiger partial charge on any atom is 0.221 e. The van der Waals surface area contributed by atoms with Gasteiger partial charge in [0.15, 0.2) is 0 Å². The molecule has 3 aliphatic heterocycles. The highest BCUT2D eigenvalue weighted by molar-refractivity contribution is 6.30. The quantitative estimate of drug-likeness (QED) is 0.696. The Hall–Kier alpha value is -2.23. The maximum atomic E-state index is 12.9. The van der Waals surface area contributed by atoms with E-state index in [-0.39, 0.29) is 24.2 Å². The Labute approximate surface area is 199 Å². The van der Waals surface area contributed by atoms with Crippen LogP contribution in [-0.4, -0.2) is 72.7 Å². The molecule has 176 valence electrons. The highest BCUT2D eigenvalue weighted by Gasteiger charge is 2.38. The van der Waals surface area contributed by atoms with Crippen molar-refractivity contribution in [2.75, 3.05) is 44.9 Å². The lowest BCUT2D eigenvalue weighted by atomic mass is 10.0. The zero-order valence-electron chi connectivity index (χ0n) is 18.9. The third-order valence-corrected chi connectivity index (χ3v) is 7.07. The number of amides is 1. The first-order valence-electron chi connectivity index (χ1n) is 11.7. The Balaban J connectivity index is 1.31. The van der Waals surface area contributed by atoms with Crippen LogP contribution in [0.15, 0.2) is 42.7 Å². The minimum Gasteiger partial charge on any atom is -0.378 e. The molecule has 0 aliphatic carbocycles. The molecule has 2 aromatic rings. The van der Waals surface area contributed by atoms with Gasteiger partial charge in [-0.05, 0) is 63.3 Å². The Morgan fingerprint density at radius 3 is 2.79 bits per heavy atom. The number of hydrogen-bond donors (Lipinski definition) is 2. The van der Waals surface area contributed by atoms with E-state index in [1.54, 1.807) is 0 Å². The lowest BCUT2D eigenvalue weighted by molar-refractivity contribution is -0.126. The second kappa shape index (κ2) is 9.95. The molecule has 0 saturated carbocycles. The minimum atomic E-state index is -0.0660. The first kappa shape index (κ1) is 22.6. The van der Waals surface area contributed by atoms with E-state index in [4.69, 9.17) is 16.3 Å². The summed E-state index contributed by atoms with van der Waals surface area (Å²) >= 11 is 6.10. The van der Waals surface area contributed by atoms with Crippen molar-refractivity contribution in [2.45, 2.75) is 37.5 Å². The zero-order valence-corrected chi connectivity index (χ0v) is 19.7. The van der Waals surface area contributed by atoms with Crippen LogP contribution in [0.2, 0.25) is 5.02 Å². The van der Waals surface area contributed by atoms with Gasteiger partial charge in [-0.25, -0.2) is 5.43 Å². The molecule has 4 heterocycles. The predicted octanol–water partition coefficient (Wildman–Crippen LogP) is 2.69. The van der Waals surface area contributed by atoms with Crippen LogP contribution in [0.3, 0.4) is 0 Å². The third kappa shape index (κ3) is 5.00. The molecule has 5 rings (SSSR count). The summed E-state index contributed by atoms with van der Waals surface area (Å²) in [5.41, 5.74) is 6.77. The number of fused-ring (bicyclic) bond motifs is 1. The number of anilines is 2. The second-order valence-corrected chi connectivity index (χ2v) is 9.53. The van der Waals surface area contributed by atoms with Gasteiger partial charge in [-0.15, -0.1) is 0 Å². The first-order chi connectivity index (χ1) is 16.1. The lowest BCUT2D eigenvalue weighted by Crippen LogP contribution is -2.53. The van der Waals surface area contributed by atoms with Crippen LogP contribution in [0.4, 0.5) is 11.4 Å². The minimum absolute atomic E-state index is 0.00584. The van der Waals surface area contributed by atoms with E-state index in [1.807, 2.05) is 42.7 Å². The van der Waals surface area contributed by atoms with Crippen LogP contribution in [0.25, 0.3) is 0 Å². The molecular weight excluding hydrogens is 440 g/mol. The van der Waals surface area contributed by atoms with Crippen LogP contribution in [0, 0.1) is 0 Å². The van der Waals surface area contributed by atoms with Crippen molar-refractivity contribution in [1.29, 1.82) is 0 Å². The number of morpholine rings is 1. The Morgan fingerprint density at radius 1 is 1.21 bits per heavy atom. The predicted molar refractivity (Wildman–Crippen MR) is 128 cm³/mol. The number of likely N-dealkylation sites (tertiary alicyclic amines) is 1. The molecule has 2 fully saturated rings. The zero-order chi connectivity index (χ0) is 22.8. The van der Waals surface area contributed by atoms with Gasteiger partial charge in [0.25, 0.3) is 0 Å². The van der Waals surface area contributed by atoms with Crippen molar-refractivity contribution < 1.29 is 9.53 Å². The van der Waals surface area contributed by atoms with E-state index in [9.17, 15) is 4.79 Å². The fourth-order valence-corrected chi connectivity index (χ4v) is 5.10. The van der Waals surface area contributed by atoms with Crippen molar-refractivity contribution in [3.8, 4) is 0 Å². The molecule has 0 bridgehead atoms. The topological polar surface area (TPSA) is 73.0 Å². The van der Waals surface area contributed by atoms with Crippen LogP contribution >= 0.6 is 11.6 Å². The smallest absolute Gasteiger partial charge is 0.221 e. The number of hydrogen-bond acceptors (Lipinski definition) is 7. The summed E-state index contributed by atoms with van der Waals surface area (Å²) in [6, 6.07) is 10.0. The molecule has 1 aromatic heterocycles. The van der Waals surface area contributed by atoms with E-state index in [2.05, 4.69) is 37.6 Å². The molecule has 8 nitrogen and oxygen atoms in total. The van der Waals surface area contributed by atoms with E-state index in [1.165, 1.54) is 0 Å². The van der Waals surface area contributed by atoms with Crippen LogP contribution in [0.1, 0.15) is 31.0 Å². The Morgan fingerprint density at radius 2 is 2.00 bits per heavy atom. The molecule has 0 radical (unpaired) electrons. The molecule has 3 aliphatic rings. The summed E-state index contributed by atoms with van der Waals surface area (Å²) in [7, 11) is 2.13. The van der Waals surface area contributed by atoms with Gasteiger partial charge >= 0.3 is 0 Å². The van der Waals surface area contributed by atoms with Gasteiger partial charge in [-0.2, -0.15) is 0 Å². The number of aromatic nitrogens is 1. The summed E-state index contributed by atoms with van der Waals surface area (Å²) in [6.45, 7) is 3.99. The molecule has 2 saturated heterocycles. The molecule has 2 atom stereocenters. The van der Waals surface area contributed by atoms with Gasteiger partial charge in [-0.3, -0.25) is 19.7 Å². The largest absolute Gasteiger partial charge is 0.378 e. The van der Waals surface area contributed by atoms with E-state index in [0.29, 0.717) is 24.7 Å². The molecule has 9 heteroatoms. The van der Waals surface area contributed by atoms with Crippen molar-refractivity contribution in [3.63, 3.8) is 0 Å². The monoisotopic (exact) mass is 470 g/mol. The fourth-order valence-electron chi connectivity index (χ4n) is 4.97. The summed E-state index contributed by atoms with van der Waals surface area (Å²) in [5, 5.41) is 6.00. The molecular formula is C24H31ClN6O2.